The summed E-state index contributed by atoms with van der Waals surface area (Å²) in [6.07, 6.45) is 8.41. The molecule has 0 aliphatic heterocycles. The summed E-state index contributed by atoms with van der Waals surface area (Å²) in [6.45, 7) is 8.04. The number of fused-ring (bicyclic) bond motifs is 2. The smallest absolute Gasteiger partial charge is 0.0253 e. The van der Waals surface area contributed by atoms with E-state index in [-0.39, 0.29) is 0 Å². The summed E-state index contributed by atoms with van der Waals surface area (Å²) in [7, 11) is 0. The van der Waals surface area contributed by atoms with Crippen molar-refractivity contribution in [1.82, 2.24) is 4.57 Å². The van der Waals surface area contributed by atoms with Crippen LogP contribution in [0.4, 0.5) is 0 Å². The summed E-state index contributed by atoms with van der Waals surface area (Å²) in [5.74, 6) is 3.10. The van der Waals surface area contributed by atoms with Gasteiger partial charge in [0.05, 0.1) is 0 Å². The first-order valence-corrected chi connectivity index (χ1v) is 6.78. The lowest BCUT2D eigenvalue weighted by Gasteiger charge is -2.23. The SMILES string of the molecule is Cc1cn(CC2CC3CCC2C3)c(C)c1C. The maximum Gasteiger partial charge on any atom is 0.0253 e. The number of hydrogen-bond donors (Lipinski definition) is 0. The van der Waals surface area contributed by atoms with Crippen LogP contribution in [0.1, 0.15) is 42.5 Å². The first kappa shape index (κ1) is 10.4. The van der Waals surface area contributed by atoms with Crippen molar-refractivity contribution in [3.8, 4) is 0 Å². The molecule has 0 saturated heterocycles. The fraction of sp³-hybridized carbons (Fsp3) is 0.733. The van der Waals surface area contributed by atoms with Crippen LogP contribution < -0.4 is 0 Å². The van der Waals surface area contributed by atoms with Crippen molar-refractivity contribution >= 4 is 0 Å². The molecule has 1 nitrogen and oxygen atoms in total. The van der Waals surface area contributed by atoms with Crippen LogP contribution in [0.25, 0.3) is 0 Å². The van der Waals surface area contributed by atoms with Crippen LogP contribution in [0, 0.1) is 38.5 Å². The van der Waals surface area contributed by atoms with Gasteiger partial charge in [0.25, 0.3) is 0 Å². The third kappa shape index (κ3) is 1.52. The molecule has 3 rings (SSSR count). The number of aromatic nitrogens is 1. The predicted octanol–water partition coefficient (Wildman–Crippen LogP) is 3.85. The summed E-state index contributed by atoms with van der Waals surface area (Å²) >= 11 is 0. The second-order valence-electron chi connectivity index (χ2n) is 6.11. The van der Waals surface area contributed by atoms with E-state index in [1.807, 2.05) is 0 Å². The van der Waals surface area contributed by atoms with Gasteiger partial charge in [-0.05, 0) is 68.9 Å². The van der Waals surface area contributed by atoms with E-state index in [9.17, 15) is 0 Å². The van der Waals surface area contributed by atoms with Gasteiger partial charge in [0.1, 0.15) is 0 Å². The largest absolute Gasteiger partial charge is 0.351 e. The van der Waals surface area contributed by atoms with Gasteiger partial charge in [-0.15, -0.1) is 0 Å². The third-order valence-corrected chi connectivity index (χ3v) is 5.23. The normalized spacial score (nSPS) is 32.6. The molecule has 2 fully saturated rings. The molecule has 0 spiro atoms. The zero-order chi connectivity index (χ0) is 11.3. The second kappa shape index (κ2) is 3.65. The van der Waals surface area contributed by atoms with Gasteiger partial charge in [-0.3, -0.25) is 0 Å². The summed E-state index contributed by atoms with van der Waals surface area (Å²) in [5.41, 5.74) is 4.43. The first-order valence-electron chi connectivity index (χ1n) is 6.78. The van der Waals surface area contributed by atoms with Crippen molar-refractivity contribution in [3.05, 3.63) is 23.0 Å². The molecule has 1 aromatic rings. The van der Waals surface area contributed by atoms with Crippen molar-refractivity contribution in [3.63, 3.8) is 0 Å². The quantitative estimate of drug-likeness (QED) is 0.709. The average Bonchev–Trinajstić information content (AvgIpc) is 2.92. The Labute approximate surface area is 98.9 Å². The van der Waals surface area contributed by atoms with E-state index in [4.69, 9.17) is 0 Å². The van der Waals surface area contributed by atoms with Gasteiger partial charge in [-0.1, -0.05) is 6.42 Å². The van der Waals surface area contributed by atoms with E-state index in [2.05, 4.69) is 31.5 Å². The standard InChI is InChI=1S/C15H23N/c1-10-8-16(12(3)11(10)2)9-15-7-13-4-5-14(15)6-13/h8,13-15H,4-7,9H2,1-3H3. The van der Waals surface area contributed by atoms with Crippen LogP contribution in [-0.2, 0) is 6.54 Å². The van der Waals surface area contributed by atoms with E-state index in [0.717, 1.165) is 17.8 Å². The molecule has 0 N–H and O–H groups in total. The molecule has 0 radical (unpaired) electrons. The number of aryl methyl sites for hydroxylation is 1. The van der Waals surface area contributed by atoms with Crippen LogP contribution >= 0.6 is 0 Å². The van der Waals surface area contributed by atoms with Crippen LogP contribution in [0.15, 0.2) is 6.20 Å². The Balaban J connectivity index is 1.77. The minimum Gasteiger partial charge on any atom is -0.351 e. The van der Waals surface area contributed by atoms with E-state index in [1.54, 1.807) is 0 Å². The van der Waals surface area contributed by atoms with Crippen molar-refractivity contribution in [1.29, 1.82) is 0 Å². The van der Waals surface area contributed by atoms with Crippen molar-refractivity contribution in [2.24, 2.45) is 17.8 Å². The number of nitrogens with zero attached hydrogens (tertiary/aromatic N) is 1. The Bertz CT molecular complexity index is 402. The van der Waals surface area contributed by atoms with Crippen LogP contribution in [-0.4, -0.2) is 4.57 Å². The minimum atomic E-state index is 0.976. The summed E-state index contributed by atoms with van der Waals surface area (Å²) in [6, 6.07) is 0. The lowest BCUT2D eigenvalue weighted by atomic mass is 9.89. The second-order valence-corrected chi connectivity index (χ2v) is 6.11. The monoisotopic (exact) mass is 217 g/mol. The maximum absolute atomic E-state index is 2.51. The molecule has 3 atom stereocenters. The predicted molar refractivity (Wildman–Crippen MR) is 67.6 cm³/mol. The van der Waals surface area contributed by atoms with Crippen LogP contribution in [0.3, 0.4) is 0 Å². The van der Waals surface area contributed by atoms with E-state index in [1.165, 1.54) is 49.0 Å². The van der Waals surface area contributed by atoms with Crippen LogP contribution in [0.2, 0.25) is 0 Å². The van der Waals surface area contributed by atoms with Gasteiger partial charge >= 0.3 is 0 Å². The Morgan fingerprint density at radius 1 is 1.19 bits per heavy atom. The first-order chi connectivity index (χ1) is 7.65. The molecule has 1 aromatic heterocycles. The van der Waals surface area contributed by atoms with Gasteiger partial charge < -0.3 is 4.57 Å². The van der Waals surface area contributed by atoms with Crippen molar-refractivity contribution in [2.75, 3.05) is 0 Å². The topological polar surface area (TPSA) is 4.93 Å². The lowest BCUT2D eigenvalue weighted by Crippen LogP contribution is -2.17. The van der Waals surface area contributed by atoms with Gasteiger partial charge in [-0.25, -0.2) is 0 Å². The molecule has 16 heavy (non-hydrogen) atoms. The molecule has 2 aliphatic carbocycles. The highest BCUT2D eigenvalue weighted by Crippen LogP contribution is 2.48. The fourth-order valence-corrected chi connectivity index (χ4v) is 3.97. The van der Waals surface area contributed by atoms with Gasteiger partial charge in [0, 0.05) is 18.4 Å². The average molecular weight is 217 g/mol. The molecule has 1 heterocycles. The van der Waals surface area contributed by atoms with Crippen molar-refractivity contribution < 1.29 is 0 Å². The summed E-state index contributed by atoms with van der Waals surface area (Å²) in [5, 5.41) is 0. The molecule has 1 heteroatoms. The summed E-state index contributed by atoms with van der Waals surface area (Å²) < 4.78 is 2.51. The zero-order valence-corrected chi connectivity index (χ0v) is 10.8. The van der Waals surface area contributed by atoms with Gasteiger partial charge in [0.15, 0.2) is 0 Å². The Morgan fingerprint density at radius 2 is 2.00 bits per heavy atom. The van der Waals surface area contributed by atoms with E-state index < -0.39 is 0 Å². The highest BCUT2D eigenvalue weighted by atomic mass is 15.0. The number of rotatable bonds is 2. The zero-order valence-electron chi connectivity index (χ0n) is 10.8. The Hall–Kier alpha value is -0.720. The molecule has 88 valence electrons. The molecular weight excluding hydrogens is 194 g/mol. The van der Waals surface area contributed by atoms with E-state index in [0.29, 0.717) is 0 Å². The Morgan fingerprint density at radius 3 is 2.50 bits per heavy atom. The van der Waals surface area contributed by atoms with Gasteiger partial charge in [-0.2, -0.15) is 0 Å². The molecule has 2 saturated carbocycles. The lowest BCUT2D eigenvalue weighted by molar-refractivity contribution is 0.294. The maximum atomic E-state index is 2.51. The molecule has 0 aromatic carbocycles. The van der Waals surface area contributed by atoms with Gasteiger partial charge in [0.2, 0.25) is 0 Å². The summed E-state index contributed by atoms with van der Waals surface area (Å²) in [4.78, 5) is 0. The molecule has 3 unspecified atom stereocenters. The highest BCUT2D eigenvalue weighted by molar-refractivity contribution is 5.28. The minimum absolute atomic E-state index is 0.976. The fourth-order valence-electron chi connectivity index (χ4n) is 3.97. The highest BCUT2D eigenvalue weighted by Gasteiger charge is 2.39. The molecule has 0 amide bonds. The van der Waals surface area contributed by atoms with Crippen LogP contribution in [0.5, 0.6) is 0 Å². The number of hydrogen-bond acceptors (Lipinski definition) is 0. The third-order valence-electron chi connectivity index (χ3n) is 5.23. The van der Waals surface area contributed by atoms with Crippen molar-refractivity contribution in [2.45, 2.75) is 53.0 Å². The molecule has 2 bridgehead atoms. The molecule has 2 aliphatic rings. The molecular formula is C15H23N. The Kier molecular flexibility index (Phi) is 2.38. The van der Waals surface area contributed by atoms with E-state index >= 15 is 0 Å².